The van der Waals surface area contributed by atoms with Gasteiger partial charge >= 0.3 is 0 Å². The number of nitrogens with one attached hydrogen (secondary N) is 2. The van der Waals surface area contributed by atoms with Crippen molar-refractivity contribution in [1.29, 1.82) is 0 Å². The molecule has 122 valence electrons. The second-order valence-electron chi connectivity index (χ2n) is 6.42. The Balaban J connectivity index is 1.79. The third-order valence-electron chi connectivity index (χ3n) is 4.72. The van der Waals surface area contributed by atoms with Crippen LogP contribution < -0.4 is 10.6 Å². The summed E-state index contributed by atoms with van der Waals surface area (Å²) >= 11 is 0. The topological polar surface area (TPSA) is 59.0 Å². The number of nitrogens with zero attached hydrogens (tertiary/aromatic N) is 2. The van der Waals surface area contributed by atoms with Crippen LogP contribution in [0.1, 0.15) is 30.5 Å². The van der Waals surface area contributed by atoms with Crippen molar-refractivity contribution in [1.82, 2.24) is 15.1 Å². The van der Waals surface area contributed by atoms with Crippen LogP contribution in [-0.2, 0) is 17.3 Å². The smallest absolute Gasteiger partial charge is 0.226 e. The summed E-state index contributed by atoms with van der Waals surface area (Å²) in [6.07, 6.45) is 2.46. The highest BCUT2D eigenvalue weighted by Gasteiger charge is 2.36. The Morgan fingerprint density at radius 2 is 2.00 bits per heavy atom. The summed E-state index contributed by atoms with van der Waals surface area (Å²) in [6, 6.07) is 12.3. The van der Waals surface area contributed by atoms with Crippen molar-refractivity contribution in [2.45, 2.75) is 31.6 Å². The van der Waals surface area contributed by atoms with Crippen LogP contribution in [0.5, 0.6) is 0 Å². The SMILES string of the molecule is Cc1cc(NC(=O)CC2(c3ccccc3)CCNCC2)n(C)n1. The predicted octanol–water partition coefficient (Wildman–Crippen LogP) is 2.38. The second-order valence-corrected chi connectivity index (χ2v) is 6.42. The fraction of sp³-hybridized carbons (Fsp3) is 0.444. The molecule has 0 saturated carbocycles. The average Bonchev–Trinajstić information content (AvgIpc) is 2.86. The minimum absolute atomic E-state index is 0.0544. The van der Waals surface area contributed by atoms with Gasteiger partial charge in [0.1, 0.15) is 5.82 Å². The van der Waals surface area contributed by atoms with Gasteiger partial charge in [0.2, 0.25) is 5.91 Å². The van der Waals surface area contributed by atoms with E-state index in [0.29, 0.717) is 6.42 Å². The number of anilines is 1. The van der Waals surface area contributed by atoms with E-state index in [1.54, 1.807) is 4.68 Å². The summed E-state index contributed by atoms with van der Waals surface area (Å²) in [7, 11) is 1.85. The normalized spacial score (nSPS) is 17.0. The molecule has 0 bridgehead atoms. The number of carbonyl (C=O) groups excluding carboxylic acids is 1. The van der Waals surface area contributed by atoms with Gasteiger partial charge in [0.15, 0.2) is 0 Å². The van der Waals surface area contributed by atoms with Crippen molar-refractivity contribution >= 4 is 11.7 Å². The minimum atomic E-state index is -0.0791. The molecule has 1 aromatic heterocycles. The van der Waals surface area contributed by atoms with Gasteiger partial charge in [-0.25, -0.2) is 0 Å². The van der Waals surface area contributed by atoms with Crippen molar-refractivity contribution in [2.75, 3.05) is 18.4 Å². The molecule has 0 spiro atoms. The van der Waals surface area contributed by atoms with Crippen LogP contribution in [0.2, 0.25) is 0 Å². The first-order valence-electron chi connectivity index (χ1n) is 8.16. The van der Waals surface area contributed by atoms with E-state index in [-0.39, 0.29) is 11.3 Å². The predicted molar refractivity (Wildman–Crippen MR) is 91.4 cm³/mol. The number of hydrogen-bond acceptors (Lipinski definition) is 3. The first-order valence-corrected chi connectivity index (χ1v) is 8.16. The lowest BCUT2D eigenvalue weighted by atomic mass is 9.70. The summed E-state index contributed by atoms with van der Waals surface area (Å²) in [5, 5.41) is 10.7. The molecule has 1 aliphatic rings. The molecule has 1 amide bonds. The van der Waals surface area contributed by atoms with Crippen LogP contribution in [0.4, 0.5) is 5.82 Å². The van der Waals surface area contributed by atoms with Gasteiger partial charge in [0.25, 0.3) is 0 Å². The molecule has 23 heavy (non-hydrogen) atoms. The number of carbonyl (C=O) groups is 1. The van der Waals surface area contributed by atoms with E-state index >= 15 is 0 Å². The number of hydrogen-bond donors (Lipinski definition) is 2. The van der Waals surface area contributed by atoms with E-state index < -0.39 is 0 Å². The summed E-state index contributed by atoms with van der Waals surface area (Å²) in [6.45, 7) is 3.83. The van der Waals surface area contributed by atoms with Gasteiger partial charge in [-0.15, -0.1) is 0 Å². The maximum atomic E-state index is 12.6. The zero-order valence-corrected chi connectivity index (χ0v) is 13.8. The van der Waals surface area contributed by atoms with Gasteiger partial charge < -0.3 is 10.6 Å². The molecule has 1 aromatic carbocycles. The Kier molecular flexibility index (Phi) is 4.48. The summed E-state index contributed by atoms with van der Waals surface area (Å²) in [5.41, 5.74) is 2.09. The highest BCUT2D eigenvalue weighted by atomic mass is 16.1. The number of aromatic nitrogens is 2. The molecule has 0 radical (unpaired) electrons. The molecular formula is C18H24N4O. The van der Waals surface area contributed by atoms with Crippen molar-refractivity contribution < 1.29 is 4.79 Å². The Morgan fingerprint density at radius 1 is 1.30 bits per heavy atom. The standard InChI is InChI=1S/C18H24N4O/c1-14-12-16(22(2)21-14)20-17(23)13-18(8-10-19-11-9-18)15-6-4-3-5-7-15/h3-7,12,19H,8-11,13H2,1-2H3,(H,20,23). The van der Waals surface area contributed by atoms with Crippen molar-refractivity contribution in [3.05, 3.63) is 47.7 Å². The maximum Gasteiger partial charge on any atom is 0.226 e. The minimum Gasteiger partial charge on any atom is -0.317 e. The lowest BCUT2D eigenvalue weighted by molar-refractivity contribution is -0.117. The van der Waals surface area contributed by atoms with Gasteiger partial charge in [-0.2, -0.15) is 5.10 Å². The van der Waals surface area contributed by atoms with Crippen LogP contribution in [0.15, 0.2) is 36.4 Å². The van der Waals surface area contributed by atoms with Gasteiger partial charge in [0, 0.05) is 24.9 Å². The quantitative estimate of drug-likeness (QED) is 0.911. The molecule has 5 nitrogen and oxygen atoms in total. The van der Waals surface area contributed by atoms with Crippen LogP contribution >= 0.6 is 0 Å². The van der Waals surface area contributed by atoms with Crippen LogP contribution in [0.3, 0.4) is 0 Å². The molecule has 0 unspecified atom stereocenters. The highest BCUT2D eigenvalue weighted by Crippen LogP contribution is 2.37. The Bertz CT molecular complexity index is 672. The molecule has 1 aliphatic heterocycles. The number of amides is 1. The molecule has 2 aromatic rings. The van der Waals surface area contributed by atoms with Crippen molar-refractivity contribution in [3.8, 4) is 0 Å². The van der Waals surface area contributed by atoms with E-state index in [9.17, 15) is 4.79 Å². The molecule has 1 saturated heterocycles. The van der Waals surface area contributed by atoms with E-state index in [1.165, 1.54) is 5.56 Å². The number of piperidine rings is 1. The lowest BCUT2D eigenvalue weighted by Gasteiger charge is -2.37. The van der Waals surface area contributed by atoms with Crippen molar-refractivity contribution in [2.24, 2.45) is 7.05 Å². The summed E-state index contributed by atoms with van der Waals surface area (Å²) in [4.78, 5) is 12.6. The molecule has 2 heterocycles. The first kappa shape index (κ1) is 15.7. The number of aryl methyl sites for hydroxylation is 2. The molecule has 1 fully saturated rings. The van der Waals surface area contributed by atoms with E-state index in [0.717, 1.165) is 37.4 Å². The zero-order chi connectivity index (χ0) is 16.3. The second kappa shape index (κ2) is 6.54. The fourth-order valence-electron chi connectivity index (χ4n) is 3.49. The molecule has 3 rings (SSSR count). The molecule has 0 atom stereocenters. The third-order valence-corrected chi connectivity index (χ3v) is 4.72. The first-order chi connectivity index (χ1) is 11.1. The zero-order valence-electron chi connectivity index (χ0n) is 13.8. The average molecular weight is 312 g/mol. The number of benzene rings is 1. The summed E-state index contributed by atoms with van der Waals surface area (Å²) < 4.78 is 1.71. The van der Waals surface area contributed by atoms with Crippen LogP contribution in [0.25, 0.3) is 0 Å². The molecular weight excluding hydrogens is 288 g/mol. The van der Waals surface area contributed by atoms with E-state index in [2.05, 4.69) is 40.0 Å². The Morgan fingerprint density at radius 3 is 2.61 bits per heavy atom. The van der Waals surface area contributed by atoms with E-state index in [1.807, 2.05) is 26.1 Å². The fourth-order valence-corrected chi connectivity index (χ4v) is 3.49. The van der Waals surface area contributed by atoms with Crippen LogP contribution in [0, 0.1) is 6.92 Å². The van der Waals surface area contributed by atoms with Gasteiger partial charge in [-0.3, -0.25) is 9.48 Å². The van der Waals surface area contributed by atoms with Crippen LogP contribution in [-0.4, -0.2) is 28.8 Å². The summed E-state index contributed by atoms with van der Waals surface area (Å²) in [5.74, 6) is 0.809. The van der Waals surface area contributed by atoms with E-state index in [4.69, 9.17) is 0 Å². The number of rotatable bonds is 4. The Labute approximate surface area is 137 Å². The molecule has 0 aliphatic carbocycles. The third kappa shape index (κ3) is 3.45. The Hall–Kier alpha value is -2.14. The lowest BCUT2D eigenvalue weighted by Crippen LogP contribution is -2.42. The largest absolute Gasteiger partial charge is 0.317 e. The van der Waals surface area contributed by atoms with Gasteiger partial charge in [0.05, 0.1) is 5.69 Å². The molecule has 2 N–H and O–H groups in total. The molecule has 5 heteroatoms. The monoisotopic (exact) mass is 312 g/mol. The highest BCUT2D eigenvalue weighted by molar-refractivity contribution is 5.91. The maximum absolute atomic E-state index is 12.6. The van der Waals surface area contributed by atoms with Gasteiger partial charge in [-0.05, 0) is 38.4 Å². The van der Waals surface area contributed by atoms with Gasteiger partial charge in [-0.1, -0.05) is 30.3 Å². The van der Waals surface area contributed by atoms with Crippen molar-refractivity contribution in [3.63, 3.8) is 0 Å².